The van der Waals surface area contributed by atoms with Crippen molar-refractivity contribution in [3.63, 3.8) is 0 Å². The predicted molar refractivity (Wildman–Crippen MR) is 150 cm³/mol. The third kappa shape index (κ3) is 5.06. The average molecular weight is 587 g/mol. The van der Waals surface area contributed by atoms with Crippen LogP contribution in [0.5, 0.6) is 11.5 Å². The predicted octanol–water partition coefficient (Wildman–Crippen LogP) is 2.61. The van der Waals surface area contributed by atoms with Crippen molar-refractivity contribution in [3.05, 3.63) is 72.3 Å². The highest BCUT2D eigenvalue weighted by atomic mass is 32.2. The van der Waals surface area contributed by atoms with Crippen molar-refractivity contribution >= 4 is 40.5 Å². The molecule has 1 atom stereocenters. The number of benzene rings is 2. The number of ether oxygens (including phenoxy) is 3. The molecular weight excluding hydrogens is 560 g/mol. The van der Waals surface area contributed by atoms with Gasteiger partial charge in [0.05, 0.1) is 59.9 Å². The van der Waals surface area contributed by atoms with Gasteiger partial charge in [-0.1, -0.05) is 23.9 Å². The van der Waals surface area contributed by atoms with Crippen molar-refractivity contribution in [2.75, 3.05) is 26.3 Å². The summed E-state index contributed by atoms with van der Waals surface area (Å²) in [6.07, 6.45) is 3.49. The summed E-state index contributed by atoms with van der Waals surface area (Å²) in [5.41, 5.74) is 1.86. The first kappa shape index (κ1) is 26.4. The Morgan fingerprint density at radius 2 is 1.88 bits per heavy atom. The van der Waals surface area contributed by atoms with Gasteiger partial charge in [0.15, 0.2) is 5.79 Å². The fourth-order valence-corrected chi connectivity index (χ4v) is 6.28. The number of likely N-dealkylation sites (tertiary alicyclic amines) is 1. The maximum absolute atomic E-state index is 13.4. The van der Waals surface area contributed by atoms with E-state index in [1.54, 1.807) is 42.4 Å². The lowest BCUT2D eigenvalue weighted by Crippen LogP contribution is -2.49. The molecule has 13 heteroatoms. The van der Waals surface area contributed by atoms with Crippen molar-refractivity contribution < 1.29 is 28.6 Å². The van der Waals surface area contributed by atoms with Crippen LogP contribution in [-0.4, -0.2) is 75.7 Å². The molecule has 214 valence electrons. The molecule has 42 heavy (non-hydrogen) atoms. The van der Waals surface area contributed by atoms with Crippen molar-refractivity contribution in [1.82, 2.24) is 30.5 Å². The second-order valence-corrected chi connectivity index (χ2v) is 11.2. The zero-order valence-electron chi connectivity index (χ0n) is 22.3. The molecular formula is C29H26N6O6S. The number of carbonyl (C=O) groups excluding carboxylic acids is 3. The molecule has 3 N–H and O–H groups in total. The number of fused-ring (bicyclic) bond motifs is 3. The summed E-state index contributed by atoms with van der Waals surface area (Å²) in [7, 11) is 0. The molecule has 3 aliphatic heterocycles. The van der Waals surface area contributed by atoms with E-state index in [4.69, 9.17) is 14.2 Å². The van der Waals surface area contributed by atoms with E-state index in [0.717, 1.165) is 26.6 Å². The number of nitrogens with zero attached hydrogens (tertiary/aromatic N) is 3. The molecule has 5 heterocycles. The Hall–Kier alpha value is -4.46. The van der Waals surface area contributed by atoms with Gasteiger partial charge in [0.1, 0.15) is 23.4 Å². The van der Waals surface area contributed by atoms with E-state index < -0.39 is 23.6 Å². The van der Waals surface area contributed by atoms with Gasteiger partial charge in [-0.25, -0.2) is 4.98 Å². The molecule has 1 spiro atoms. The third-order valence-corrected chi connectivity index (χ3v) is 8.50. The smallest absolute Gasteiger partial charge is 0.251 e. The lowest BCUT2D eigenvalue weighted by molar-refractivity contribution is -0.152. The third-order valence-electron chi connectivity index (χ3n) is 7.39. The molecule has 12 nitrogen and oxygen atoms in total. The average Bonchev–Trinajstić information content (AvgIpc) is 3.75. The number of H-pyrrole nitrogens is 1. The normalized spacial score (nSPS) is 18.4. The number of nitrogens with one attached hydrogen (secondary N) is 3. The van der Waals surface area contributed by atoms with Crippen LogP contribution < -0.4 is 15.4 Å². The van der Waals surface area contributed by atoms with Crippen LogP contribution in [0.1, 0.15) is 22.6 Å². The summed E-state index contributed by atoms with van der Waals surface area (Å²) in [5.74, 6) is -0.399. The Balaban J connectivity index is 1.01. The van der Waals surface area contributed by atoms with Crippen LogP contribution in [0.15, 0.2) is 70.7 Å². The van der Waals surface area contributed by atoms with E-state index >= 15 is 0 Å². The number of rotatable bonds is 6. The van der Waals surface area contributed by atoms with Crippen LogP contribution in [0.2, 0.25) is 0 Å². The Morgan fingerprint density at radius 1 is 1.05 bits per heavy atom. The van der Waals surface area contributed by atoms with Gasteiger partial charge in [0, 0.05) is 18.2 Å². The summed E-state index contributed by atoms with van der Waals surface area (Å²) >= 11 is 1.57. The SMILES string of the molecule is O=C(NCC(=O)N1CC2(C[C@H]1C(=O)NCc1nc3ccncc3[nH]1)OCCO2)c1ccc2c(c1)Oc1ccccc1S2. The molecule has 2 aromatic carbocycles. The first-order valence-corrected chi connectivity index (χ1v) is 14.3. The van der Waals surface area contributed by atoms with Crippen LogP contribution in [0.4, 0.5) is 0 Å². The van der Waals surface area contributed by atoms with Crippen LogP contribution in [0.25, 0.3) is 11.0 Å². The van der Waals surface area contributed by atoms with E-state index in [0.29, 0.717) is 30.4 Å². The number of para-hydroxylation sites is 1. The van der Waals surface area contributed by atoms with Gasteiger partial charge >= 0.3 is 0 Å². The maximum atomic E-state index is 13.4. The second-order valence-electron chi connectivity index (χ2n) is 10.1. The first-order valence-electron chi connectivity index (χ1n) is 13.5. The summed E-state index contributed by atoms with van der Waals surface area (Å²) in [6.45, 7) is 0.678. The standard InChI is InChI=1S/C29H26N6O6S/c36-26(15-32-27(37)17-5-6-24-22(11-17)41-21-3-1-2-4-23(21)42-24)35-16-29(39-9-10-40-29)12-20(35)28(38)31-14-25-33-18-7-8-30-13-19(18)34-25/h1-8,11,13,20H,9-10,12,14-16H2,(H,31,38)(H,32,37)(H,33,34)/t20-/m0/s1. The lowest BCUT2D eigenvalue weighted by atomic mass is 10.1. The van der Waals surface area contributed by atoms with E-state index in [2.05, 4.69) is 25.6 Å². The summed E-state index contributed by atoms with van der Waals surface area (Å²) < 4.78 is 17.6. The molecule has 2 aromatic heterocycles. The van der Waals surface area contributed by atoms with E-state index in [1.165, 1.54) is 4.90 Å². The van der Waals surface area contributed by atoms with Crippen LogP contribution >= 0.6 is 11.8 Å². The minimum Gasteiger partial charge on any atom is -0.455 e. The van der Waals surface area contributed by atoms with Crippen molar-refractivity contribution in [2.45, 2.75) is 34.6 Å². The minimum absolute atomic E-state index is 0.0828. The number of amides is 3. The number of aromatic amines is 1. The maximum Gasteiger partial charge on any atom is 0.251 e. The Morgan fingerprint density at radius 3 is 2.74 bits per heavy atom. The molecule has 0 unspecified atom stereocenters. The van der Waals surface area contributed by atoms with Crippen molar-refractivity contribution in [3.8, 4) is 11.5 Å². The number of pyridine rings is 1. The van der Waals surface area contributed by atoms with E-state index in [-0.39, 0.29) is 32.0 Å². The first-order chi connectivity index (χ1) is 20.5. The van der Waals surface area contributed by atoms with Gasteiger partial charge in [-0.05, 0) is 36.4 Å². The molecule has 0 saturated carbocycles. The Labute approximate surface area is 244 Å². The number of hydrogen-bond acceptors (Lipinski definition) is 9. The van der Waals surface area contributed by atoms with Crippen LogP contribution in [-0.2, 0) is 25.6 Å². The molecule has 2 fully saturated rings. The van der Waals surface area contributed by atoms with E-state index in [9.17, 15) is 14.4 Å². The molecule has 4 aromatic rings. The van der Waals surface area contributed by atoms with Gasteiger partial charge in [-0.2, -0.15) is 0 Å². The highest BCUT2D eigenvalue weighted by Gasteiger charge is 2.52. The molecule has 0 bridgehead atoms. The quantitative estimate of drug-likeness (QED) is 0.273. The Kier molecular flexibility index (Phi) is 6.76. The number of aromatic nitrogens is 3. The largest absolute Gasteiger partial charge is 0.455 e. The minimum atomic E-state index is -1.05. The fraction of sp³-hybridized carbons (Fsp3) is 0.276. The topological polar surface area (TPSA) is 148 Å². The number of imidazole rings is 1. The molecule has 0 aliphatic carbocycles. The number of carbonyl (C=O) groups is 3. The summed E-state index contributed by atoms with van der Waals surface area (Å²) in [6, 6.07) is 13.8. The fourth-order valence-electron chi connectivity index (χ4n) is 5.35. The van der Waals surface area contributed by atoms with Gasteiger partial charge in [0.2, 0.25) is 11.8 Å². The Bertz CT molecular complexity index is 1670. The van der Waals surface area contributed by atoms with Crippen LogP contribution in [0.3, 0.4) is 0 Å². The molecule has 7 rings (SSSR count). The summed E-state index contributed by atoms with van der Waals surface area (Å²) in [4.78, 5) is 54.6. The van der Waals surface area contributed by atoms with E-state index in [1.807, 2.05) is 30.3 Å². The van der Waals surface area contributed by atoms with Gasteiger partial charge in [-0.15, -0.1) is 0 Å². The zero-order valence-corrected chi connectivity index (χ0v) is 23.1. The van der Waals surface area contributed by atoms with Gasteiger partial charge < -0.3 is 34.7 Å². The van der Waals surface area contributed by atoms with Crippen molar-refractivity contribution in [2.24, 2.45) is 0 Å². The molecule has 3 amide bonds. The second kappa shape index (κ2) is 10.7. The highest BCUT2D eigenvalue weighted by molar-refractivity contribution is 7.99. The molecule has 0 radical (unpaired) electrons. The number of hydrogen-bond donors (Lipinski definition) is 3. The summed E-state index contributed by atoms with van der Waals surface area (Å²) in [5, 5.41) is 5.54. The zero-order chi connectivity index (χ0) is 28.7. The lowest BCUT2D eigenvalue weighted by Gasteiger charge is -2.24. The van der Waals surface area contributed by atoms with Gasteiger partial charge in [-0.3, -0.25) is 19.4 Å². The highest BCUT2D eigenvalue weighted by Crippen LogP contribution is 2.47. The van der Waals surface area contributed by atoms with Crippen LogP contribution in [0, 0.1) is 0 Å². The van der Waals surface area contributed by atoms with Crippen molar-refractivity contribution in [1.29, 1.82) is 0 Å². The molecule has 3 aliphatic rings. The monoisotopic (exact) mass is 586 g/mol. The van der Waals surface area contributed by atoms with Gasteiger partial charge in [0.25, 0.3) is 5.91 Å². The molecule has 2 saturated heterocycles.